The van der Waals surface area contributed by atoms with Gasteiger partial charge in [0.1, 0.15) is 16.5 Å². The highest BCUT2D eigenvalue weighted by Crippen LogP contribution is 2.29. The molecule has 0 radical (unpaired) electrons. The largest absolute Gasteiger partial charge is 0.344 e. The predicted octanol–water partition coefficient (Wildman–Crippen LogP) is 2.18. The van der Waals surface area contributed by atoms with Crippen LogP contribution >= 0.6 is 11.6 Å². The predicted molar refractivity (Wildman–Crippen MR) is 73.5 cm³/mol. The number of sulfone groups is 1. The number of hydrogen-bond donors (Lipinski definition) is 0. The number of nitrogens with zero attached hydrogens (tertiary/aromatic N) is 3. The third kappa shape index (κ3) is 2.69. The Labute approximate surface area is 129 Å². The van der Waals surface area contributed by atoms with Gasteiger partial charge in [-0.25, -0.2) is 22.0 Å². The fourth-order valence-electron chi connectivity index (χ4n) is 1.66. The molecule has 1 amide bonds. The van der Waals surface area contributed by atoms with Crippen LogP contribution < -0.4 is 0 Å². The Morgan fingerprint density at radius 2 is 1.82 bits per heavy atom. The van der Waals surface area contributed by atoms with Gasteiger partial charge in [0.2, 0.25) is 14.9 Å². The van der Waals surface area contributed by atoms with Crippen LogP contribution in [-0.2, 0) is 9.84 Å². The molecular weight excluding hydrogens is 340 g/mol. The summed E-state index contributed by atoms with van der Waals surface area (Å²) < 4.78 is 52.7. The number of aromatic nitrogens is 2. The molecule has 0 unspecified atom stereocenters. The molecule has 118 valence electrons. The zero-order valence-electron chi connectivity index (χ0n) is 11.4. The molecule has 22 heavy (non-hydrogen) atoms. The van der Waals surface area contributed by atoms with Crippen molar-refractivity contribution in [2.24, 2.45) is 0 Å². The molecule has 0 atom stereocenters. The summed E-state index contributed by atoms with van der Waals surface area (Å²) in [6.45, 7) is 0. The smallest absolute Gasteiger partial charge is 0.329 e. The molecule has 0 spiro atoms. The first kappa shape index (κ1) is 16.4. The van der Waals surface area contributed by atoms with Gasteiger partial charge in [0.05, 0.1) is 11.2 Å². The van der Waals surface area contributed by atoms with Crippen molar-refractivity contribution in [2.45, 2.75) is 9.92 Å². The second kappa shape index (κ2) is 5.65. The zero-order chi connectivity index (χ0) is 16.7. The molecule has 0 aliphatic carbocycles. The van der Waals surface area contributed by atoms with Crippen molar-refractivity contribution in [3.8, 4) is 0 Å². The van der Waals surface area contributed by atoms with Gasteiger partial charge in [-0.05, 0) is 12.1 Å². The van der Waals surface area contributed by atoms with E-state index in [9.17, 15) is 22.0 Å². The average molecular weight is 350 g/mol. The van der Waals surface area contributed by atoms with E-state index in [2.05, 4.69) is 5.10 Å². The first-order valence-corrected chi connectivity index (χ1v) is 7.68. The summed E-state index contributed by atoms with van der Waals surface area (Å²) in [5, 5.41) is 2.32. The lowest BCUT2D eigenvalue weighted by Gasteiger charge is -2.08. The maximum atomic E-state index is 13.7. The normalized spacial score (nSPS) is 11.5. The Morgan fingerprint density at radius 3 is 2.32 bits per heavy atom. The zero-order valence-corrected chi connectivity index (χ0v) is 13.0. The van der Waals surface area contributed by atoms with Crippen molar-refractivity contribution in [1.29, 1.82) is 0 Å². The third-order valence-electron chi connectivity index (χ3n) is 2.66. The van der Waals surface area contributed by atoms with Crippen LogP contribution in [0, 0.1) is 11.6 Å². The van der Waals surface area contributed by atoms with E-state index in [-0.39, 0.29) is 0 Å². The maximum Gasteiger partial charge on any atom is 0.344 e. The highest BCUT2D eigenvalue weighted by molar-refractivity contribution is 7.91. The molecule has 2 rings (SSSR count). The highest BCUT2D eigenvalue weighted by Gasteiger charge is 2.31. The third-order valence-corrected chi connectivity index (χ3v) is 4.79. The Bertz CT molecular complexity index is 829. The van der Waals surface area contributed by atoms with E-state index in [1.165, 1.54) is 14.1 Å². The lowest BCUT2D eigenvalue weighted by molar-refractivity contribution is 0.215. The molecule has 0 fully saturated rings. The van der Waals surface area contributed by atoms with Gasteiger partial charge < -0.3 is 4.90 Å². The van der Waals surface area contributed by atoms with Gasteiger partial charge in [-0.1, -0.05) is 17.7 Å². The second-order valence-electron chi connectivity index (χ2n) is 4.46. The summed E-state index contributed by atoms with van der Waals surface area (Å²) in [6, 6.07) is 1.95. The molecule has 2 aromatic rings. The van der Waals surface area contributed by atoms with E-state index in [4.69, 9.17) is 11.6 Å². The van der Waals surface area contributed by atoms with Crippen molar-refractivity contribution in [2.75, 3.05) is 14.1 Å². The molecule has 0 bridgehead atoms. The topological polar surface area (TPSA) is 72.3 Å². The average Bonchev–Trinajstić information content (AvgIpc) is 2.80. The number of amides is 1. The maximum absolute atomic E-state index is 13.7. The number of carbonyl (C=O) groups excluding carboxylic acids is 1. The molecule has 10 heteroatoms. The van der Waals surface area contributed by atoms with E-state index in [1.54, 1.807) is 0 Å². The summed E-state index contributed by atoms with van der Waals surface area (Å²) in [5.41, 5.74) is 0. The van der Waals surface area contributed by atoms with Crippen LogP contribution in [0.25, 0.3) is 0 Å². The van der Waals surface area contributed by atoms with E-state index >= 15 is 0 Å². The Morgan fingerprint density at radius 1 is 1.27 bits per heavy atom. The van der Waals surface area contributed by atoms with Crippen LogP contribution in [0.1, 0.15) is 0 Å². The lowest BCUT2D eigenvalue weighted by Crippen LogP contribution is -2.27. The fourth-order valence-corrected chi connectivity index (χ4v) is 3.44. The van der Waals surface area contributed by atoms with Crippen LogP contribution in [0.3, 0.4) is 0 Å². The number of benzene rings is 1. The number of hydrogen-bond acceptors (Lipinski definition) is 4. The number of rotatable bonds is 2. The van der Waals surface area contributed by atoms with E-state index < -0.39 is 42.4 Å². The van der Waals surface area contributed by atoms with Crippen molar-refractivity contribution >= 4 is 27.5 Å². The first-order chi connectivity index (χ1) is 10.2. The summed E-state index contributed by atoms with van der Waals surface area (Å²) in [6.07, 6.45) is 0.954. The van der Waals surface area contributed by atoms with E-state index in [0.29, 0.717) is 4.68 Å². The molecular formula is C12H10ClF2N3O3S. The van der Waals surface area contributed by atoms with Crippen molar-refractivity contribution in [3.05, 3.63) is 41.1 Å². The Balaban J connectivity index is 2.63. The molecule has 1 heterocycles. The lowest BCUT2D eigenvalue weighted by atomic mass is 10.3. The van der Waals surface area contributed by atoms with Gasteiger partial charge in [0.25, 0.3) is 0 Å². The summed E-state index contributed by atoms with van der Waals surface area (Å²) >= 11 is 5.75. The standard InChI is InChI=1S/C12H10ClF2N3O3S/c1-17(2)12(19)18-6-7(13)11(16-18)22(20,21)10-8(14)4-3-5-9(10)15/h3-6H,1-2H3. The summed E-state index contributed by atoms with van der Waals surface area (Å²) in [7, 11) is -1.82. The molecule has 0 N–H and O–H groups in total. The molecule has 0 aliphatic rings. The molecule has 1 aromatic carbocycles. The molecule has 0 saturated carbocycles. The minimum Gasteiger partial charge on any atom is -0.329 e. The fraction of sp³-hybridized carbons (Fsp3) is 0.167. The quantitative estimate of drug-likeness (QED) is 0.833. The number of halogens is 3. The second-order valence-corrected chi connectivity index (χ2v) is 6.67. The molecule has 6 nitrogen and oxygen atoms in total. The summed E-state index contributed by atoms with van der Waals surface area (Å²) in [4.78, 5) is 11.7. The van der Waals surface area contributed by atoms with Crippen LogP contribution in [-0.4, -0.2) is 43.2 Å². The summed E-state index contributed by atoms with van der Waals surface area (Å²) in [5.74, 6) is -2.55. The van der Waals surface area contributed by atoms with E-state index in [0.717, 1.165) is 29.3 Å². The van der Waals surface area contributed by atoms with Gasteiger partial charge in [0.15, 0.2) is 0 Å². The minimum absolute atomic E-state index is 0.419. The van der Waals surface area contributed by atoms with Gasteiger partial charge in [-0.15, -0.1) is 0 Å². The van der Waals surface area contributed by atoms with Crippen molar-refractivity contribution in [1.82, 2.24) is 14.7 Å². The number of carbonyl (C=O) groups is 1. The van der Waals surface area contributed by atoms with Crippen LogP contribution in [0.5, 0.6) is 0 Å². The van der Waals surface area contributed by atoms with Crippen molar-refractivity contribution in [3.63, 3.8) is 0 Å². The van der Waals surface area contributed by atoms with Crippen LogP contribution in [0.4, 0.5) is 13.6 Å². The van der Waals surface area contributed by atoms with Crippen molar-refractivity contribution < 1.29 is 22.0 Å². The van der Waals surface area contributed by atoms with Gasteiger partial charge in [-0.2, -0.15) is 9.78 Å². The monoisotopic (exact) mass is 349 g/mol. The van der Waals surface area contributed by atoms with E-state index in [1.807, 2.05) is 0 Å². The highest BCUT2D eigenvalue weighted by atomic mass is 35.5. The van der Waals surface area contributed by atoms with Gasteiger partial charge in [-0.3, -0.25) is 0 Å². The Hall–Kier alpha value is -2.00. The molecule has 0 aliphatic heterocycles. The van der Waals surface area contributed by atoms with Gasteiger partial charge >= 0.3 is 6.03 Å². The van der Waals surface area contributed by atoms with Crippen LogP contribution in [0.15, 0.2) is 34.3 Å². The molecule has 1 aromatic heterocycles. The van der Waals surface area contributed by atoms with Crippen LogP contribution in [0.2, 0.25) is 5.02 Å². The SMILES string of the molecule is CN(C)C(=O)n1cc(Cl)c(S(=O)(=O)c2c(F)cccc2F)n1. The van der Waals surface area contributed by atoms with Gasteiger partial charge in [0, 0.05) is 14.1 Å². The molecule has 0 saturated heterocycles. The Kier molecular flexibility index (Phi) is 4.21. The minimum atomic E-state index is -4.65. The first-order valence-electron chi connectivity index (χ1n) is 5.82.